The predicted molar refractivity (Wildman–Crippen MR) is 64.1 cm³/mol. The Morgan fingerprint density at radius 2 is 2.00 bits per heavy atom. The molecule has 0 fully saturated rings. The number of fused-ring (bicyclic) bond motifs is 1. The zero-order chi connectivity index (χ0) is 10.8. The van der Waals surface area contributed by atoms with E-state index in [4.69, 9.17) is 4.98 Å². The third kappa shape index (κ3) is 1.65. The van der Waals surface area contributed by atoms with E-state index in [0.717, 1.165) is 18.5 Å². The Kier molecular flexibility index (Phi) is 2.76. The molecule has 1 aromatic heterocycles. The first kappa shape index (κ1) is 10.2. The van der Waals surface area contributed by atoms with Crippen LogP contribution in [0.25, 0.3) is 11.0 Å². The summed E-state index contributed by atoms with van der Waals surface area (Å²) < 4.78 is 2.32. The van der Waals surface area contributed by atoms with Crippen molar-refractivity contribution in [3.63, 3.8) is 0 Å². The molecule has 2 rings (SSSR count). The molecule has 0 aliphatic rings. The second-order valence-electron chi connectivity index (χ2n) is 4.01. The van der Waals surface area contributed by atoms with Crippen LogP contribution in [0.2, 0.25) is 0 Å². The van der Waals surface area contributed by atoms with Gasteiger partial charge in [-0.1, -0.05) is 26.0 Å². The van der Waals surface area contributed by atoms with Crippen molar-refractivity contribution >= 4 is 11.0 Å². The van der Waals surface area contributed by atoms with Crippen LogP contribution in [-0.2, 0) is 6.54 Å². The van der Waals surface area contributed by atoms with Gasteiger partial charge in [-0.25, -0.2) is 4.98 Å². The molecule has 80 valence electrons. The minimum atomic E-state index is 0.539. The van der Waals surface area contributed by atoms with Gasteiger partial charge in [0.15, 0.2) is 0 Å². The van der Waals surface area contributed by atoms with Gasteiger partial charge in [-0.2, -0.15) is 0 Å². The van der Waals surface area contributed by atoms with Crippen LogP contribution in [-0.4, -0.2) is 9.55 Å². The first-order valence-electron chi connectivity index (χ1n) is 5.73. The smallest absolute Gasteiger partial charge is 0.112 e. The number of aromatic nitrogens is 2. The Balaban J connectivity index is 2.63. The van der Waals surface area contributed by atoms with Crippen molar-refractivity contribution in [3.05, 3.63) is 30.1 Å². The van der Waals surface area contributed by atoms with Gasteiger partial charge in [0.1, 0.15) is 5.82 Å². The maximum absolute atomic E-state index is 4.72. The van der Waals surface area contributed by atoms with Crippen LogP contribution in [0.5, 0.6) is 0 Å². The minimum absolute atomic E-state index is 0.539. The zero-order valence-electron chi connectivity index (χ0n) is 9.70. The van der Waals surface area contributed by atoms with Gasteiger partial charge >= 0.3 is 0 Å². The fraction of sp³-hybridized carbons (Fsp3) is 0.462. The Morgan fingerprint density at radius 3 is 2.67 bits per heavy atom. The molecule has 0 spiro atoms. The van der Waals surface area contributed by atoms with Crippen molar-refractivity contribution in [2.45, 2.75) is 39.7 Å². The summed E-state index contributed by atoms with van der Waals surface area (Å²) >= 11 is 0. The number of nitrogens with zero attached hydrogens (tertiary/aromatic N) is 2. The van der Waals surface area contributed by atoms with Crippen LogP contribution < -0.4 is 0 Å². The van der Waals surface area contributed by atoms with Crippen molar-refractivity contribution in [3.8, 4) is 0 Å². The van der Waals surface area contributed by atoms with Crippen LogP contribution in [0.3, 0.4) is 0 Å². The zero-order valence-corrected chi connectivity index (χ0v) is 9.70. The second kappa shape index (κ2) is 4.05. The van der Waals surface area contributed by atoms with E-state index in [0.29, 0.717) is 5.92 Å². The third-order valence-electron chi connectivity index (χ3n) is 3.05. The molecule has 1 atom stereocenters. The number of aryl methyl sites for hydroxylation is 1. The molecule has 0 amide bonds. The van der Waals surface area contributed by atoms with E-state index in [1.165, 1.54) is 11.3 Å². The Hall–Kier alpha value is -1.31. The van der Waals surface area contributed by atoms with Crippen molar-refractivity contribution in [2.24, 2.45) is 0 Å². The van der Waals surface area contributed by atoms with Crippen LogP contribution >= 0.6 is 0 Å². The normalized spacial score (nSPS) is 13.3. The lowest BCUT2D eigenvalue weighted by atomic mass is 10.1. The van der Waals surface area contributed by atoms with Gasteiger partial charge in [0.25, 0.3) is 0 Å². The van der Waals surface area contributed by atoms with Crippen LogP contribution in [0.1, 0.15) is 38.9 Å². The largest absolute Gasteiger partial charge is 0.328 e. The van der Waals surface area contributed by atoms with E-state index < -0.39 is 0 Å². The molecule has 2 aromatic rings. The molecule has 0 radical (unpaired) electrons. The average Bonchev–Trinajstić information content (AvgIpc) is 2.66. The molecule has 0 N–H and O–H groups in total. The molecule has 0 saturated heterocycles. The summed E-state index contributed by atoms with van der Waals surface area (Å²) in [6.45, 7) is 7.64. The predicted octanol–water partition coefficient (Wildman–Crippen LogP) is 3.57. The van der Waals surface area contributed by atoms with E-state index in [-0.39, 0.29) is 0 Å². The standard InChI is InChI=1S/C13H18N2/c1-4-10(3)13-14-11-8-6-7-9-12(11)15(13)5-2/h6-10H,4-5H2,1-3H3/t10-/m0/s1. The monoisotopic (exact) mass is 202 g/mol. The van der Waals surface area contributed by atoms with Gasteiger partial charge in [0, 0.05) is 12.5 Å². The number of hydrogen-bond donors (Lipinski definition) is 0. The highest BCUT2D eigenvalue weighted by molar-refractivity contribution is 5.76. The third-order valence-corrected chi connectivity index (χ3v) is 3.05. The number of imidazole rings is 1. The van der Waals surface area contributed by atoms with E-state index in [1.807, 2.05) is 0 Å². The topological polar surface area (TPSA) is 17.8 Å². The Labute approximate surface area is 90.9 Å². The number of hydrogen-bond acceptors (Lipinski definition) is 1. The van der Waals surface area contributed by atoms with E-state index in [9.17, 15) is 0 Å². The molecule has 1 heterocycles. The molecule has 2 nitrogen and oxygen atoms in total. The SMILES string of the molecule is CC[C@H](C)c1nc2ccccc2n1CC. The minimum Gasteiger partial charge on any atom is -0.328 e. The summed E-state index contributed by atoms with van der Waals surface area (Å²) in [6.07, 6.45) is 1.14. The first-order chi connectivity index (χ1) is 7.27. The molecule has 2 heteroatoms. The van der Waals surface area contributed by atoms with Gasteiger partial charge in [-0.05, 0) is 25.5 Å². The summed E-state index contributed by atoms with van der Waals surface area (Å²) in [5.41, 5.74) is 2.38. The van der Waals surface area contributed by atoms with E-state index in [1.54, 1.807) is 0 Å². The molecule has 0 aliphatic heterocycles. The van der Waals surface area contributed by atoms with E-state index in [2.05, 4.69) is 49.6 Å². The molecular weight excluding hydrogens is 184 g/mol. The Morgan fingerprint density at radius 1 is 1.27 bits per heavy atom. The van der Waals surface area contributed by atoms with Crippen molar-refractivity contribution in [2.75, 3.05) is 0 Å². The molecule has 0 bridgehead atoms. The summed E-state index contributed by atoms with van der Waals surface area (Å²) in [6, 6.07) is 8.37. The number of benzene rings is 1. The van der Waals surface area contributed by atoms with Crippen molar-refractivity contribution in [1.29, 1.82) is 0 Å². The van der Waals surface area contributed by atoms with Gasteiger partial charge in [0.2, 0.25) is 0 Å². The highest BCUT2D eigenvalue weighted by atomic mass is 15.1. The lowest BCUT2D eigenvalue weighted by Gasteiger charge is -2.10. The second-order valence-corrected chi connectivity index (χ2v) is 4.01. The van der Waals surface area contributed by atoms with E-state index >= 15 is 0 Å². The van der Waals surface area contributed by atoms with Crippen LogP contribution in [0.15, 0.2) is 24.3 Å². The molecule has 0 unspecified atom stereocenters. The van der Waals surface area contributed by atoms with Crippen molar-refractivity contribution in [1.82, 2.24) is 9.55 Å². The van der Waals surface area contributed by atoms with Gasteiger partial charge in [-0.15, -0.1) is 0 Å². The highest BCUT2D eigenvalue weighted by Crippen LogP contribution is 2.23. The molecular formula is C13H18N2. The lowest BCUT2D eigenvalue weighted by Crippen LogP contribution is -2.04. The maximum atomic E-state index is 4.72. The first-order valence-corrected chi connectivity index (χ1v) is 5.73. The van der Waals surface area contributed by atoms with Crippen LogP contribution in [0.4, 0.5) is 0 Å². The summed E-state index contributed by atoms with van der Waals surface area (Å²) in [4.78, 5) is 4.72. The molecule has 15 heavy (non-hydrogen) atoms. The highest BCUT2D eigenvalue weighted by Gasteiger charge is 2.13. The average molecular weight is 202 g/mol. The van der Waals surface area contributed by atoms with Crippen molar-refractivity contribution < 1.29 is 0 Å². The quantitative estimate of drug-likeness (QED) is 0.744. The maximum Gasteiger partial charge on any atom is 0.112 e. The summed E-state index contributed by atoms with van der Waals surface area (Å²) in [5.74, 6) is 1.76. The van der Waals surface area contributed by atoms with Gasteiger partial charge < -0.3 is 4.57 Å². The van der Waals surface area contributed by atoms with Gasteiger partial charge in [0.05, 0.1) is 11.0 Å². The fourth-order valence-corrected chi connectivity index (χ4v) is 1.99. The lowest BCUT2D eigenvalue weighted by molar-refractivity contribution is 0.617. The fourth-order valence-electron chi connectivity index (χ4n) is 1.99. The Bertz CT molecular complexity index is 457. The molecule has 1 aromatic carbocycles. The summed E-state index contributed by atoms with van der Waals surface area (Å²) in [5, 5.41) is 0. The molecule has 0 aliphatic carbocycles. The summed E-state index contributed by atoms with van der Waals surface area (Å²) in [7, 11) is 0. The number of rotatable bonds is 3. The van der Waals surface area contributed by atoms with Gasteiger partial charge in [-0.3, -0.25) is 0 Å². The van der Waals surface area contributed by atoms with Crippen LogP contribution in [0, 0.1) is 0 Å². The molecule has 0 saturated carbocycles. The number of para-hydroxylation sites is 2.